The van der Waals surface area contributed by atoms with Crippen LogP contribution in [0, 0.1) is 0 Å². The third-order valence-corrected chi connectivity index (χ3v) is 4.06. The standard InChI is InChI=1S/C16H22N4O/c17-12-15-16(13-6-4-7-13)20(19-18-15)10-5-11-21-14-8-2-1-3-9-14/h1-3,8-9,13H,4-7,10-12,17H2. The van der Waals surface area contributed by atoms with Crippen molar-refractivity contribution in [3.8, 4) is 5.75 Å². The molecule has 0 spiro atoms. The van der Waals surface area contributed by atoms with Crippen LogP contribution < -0.4 is 10.5 Å². The highest BCUT2D eigenvalue weighted by Gasteiger charge is 2.26. The van der Waals surface area contributed by atoms with Crippen molar-refractivity contribution in [2.24, 2.45) is 5.73 Å². The van der Waals surface area contributed by atoms with E-state index in [0.717, 1.165) is 24.4 Å². The highest BCUT2D eigenvalue weighted by Crippen LogP contribution is 2.37. The van der Waals surface area contributed by atoms with Crippen LogP contribution in [-0.2, 0) is 13.1 Å². The van der Waals surface area contributed by atoms with Gasteiger partial charge in [-0.1, -0.05) is 29.8 Å². The molecule has 2 N–H and O–H groups in total. The zero-order chi connectivity index (χ0) is 14.5. The first-order valence-electron chi connectivity index (χ1n) is 7.68. The van der Waals surface area contributed by atoms with Crippen molar-refractivity contribution in [2.45, 2.75) is 44.7 Å². The van der Waals surface area contributed by atoms with Gasteiger partial charge in [-0.3, -0.25) is 0 Å². The first kappa shape index (κ1) is 14.1. The van der Waals surface area contributed by atoms with Gasteiger partial charge in [0, 0.05) is 25.4 Å². The lowest BCUT2D eigenvalue weighted by molar-refractivity contribution is 0.293. The molecule has 1 aliphatic carbocycles. The van der Waals surface area contributed by atoms with Crippen LogP contribution in [0.5, 0.6) is 5.75 Å². The summed E-state index contributed by atoms with van der Waals surface area (Å²) >= 11 is 0. The third kappa shape index (κ3) is 3.24. The molecule has 0 unspecified atom stereocenters. The van der Waals surface area contributed by atoms with Crippen LogP contribution in [0.15, 0.2) is 30.3 Å². The van der Waals surface area contributed by atoms with E-state index in [2.05, 4.69) is 10.3 Å². The second-order valence-corrected chi connectivity index (χ2v) is 5.49. The smallest absolute Gasteiger partial charge is 0.119 e. The van der Waals surface area contributed by atoms with Crippen LogP contribution in [0.25, 0.3) is 0 Å². The molecule has 0 saturated heterocycles. The summed E-state index contributed by atoms with van der Waals surface area (Å²) in [5.74, 6) is 1.52. The van der Waals surface area contributed by atoms with Crippen LogP contribution in [0.2, 0.25) is 0 Å². The number of rotatable bonds is 7. The molecule has 1 aromatic carbocycles. The first-order valence-corrected chi connectivity index (χ1v) is 7.68. The normalized spacial score (nSPS) is 14.9. The molecule has 3 rings (SSSR count). The van der Waals surface area contributed by atoms with Crippen molar-refractivity contribution in [1.29, 1.82) is 0 Å². The van der Waals surface area contributed by atoms with Crippen molar-refractivity contribution >= 4 is 0 Å². The van der Waals surface area contributed by atoms with Gasteiger partial charge in [0.25, 0.3) is 0 Å². The molecule has 0 radical (unpaired) electrons. The van der Waals surface area contributed by atoms with Gasteiger partial charge in [-0.05, 0) is 25.0 Å². The maximum atomic E-state index is 5.77. The van der Waals surface area contributed by atoms with Crippen molar-refractivity contribution in [1.82, 2.24) is 15.0 Å². The van der Waals surface area contributed by atoms with E-state index in [1.807, 2.05) is 35.0 Å². The van der Waals surface area contributed by atoms with E-state index in [-0.39, 0.29) is 0 Å². The number of hydrogen-bond acceptors (Lipinski definition) is 4. The molecular formula is C16H22N4O. The Bertz CT molecular complexity index is 563. The number of hydrogen-bond donors (Lipinski definition) is 1. The topological polar surface area (TPSA) is 66.0 Å². The molecule has 1 aromatic heterocycles. The summed E-state index contributed by atoms with van der Waals surface area (Å²) in [6.07, 6.45) is 4.70. The average molecular weight is 286 g/mol. The third-order valence-electron chi connectivity index (χ3n) is 4.06. The Labute approximate surface area is 125 Å². The summed E-state index contributed by atoms with van der Waals surface area (Å²) in [5, 5.41) is 8.49. The molecule has 1 fully saturated rings. The zero-order valence-corrected chi connectivity index (χ0v) is 12.2. The molecule has 5 heteroatoms. The van der Waals surface area contributed by atoms with Crippen LogP contribution in [0.4, 0.5) is 0 Å². The second kappa shape index (κ2) is 6.72. The summed E-state index contributed by atoms with van der Waals surface area (Å²) in [4.78, 5) is 0. The molecule has 1 heterocycles. The van der Waals surface area contributed by atoms with Gasteiger partial charge in [-0.25, -0.2) is 4.68 Å². The molecule has 21 heavy (non-hydrogen) atoms. The van der Waals surface area contributed by atoms with Gasteiger partial charge in [0.1, 0.15) is 5.75 Å². The lowest BCUT2D eigenvalue weighted by atomic mass is 9.82. The first-order chi connectivity index (χ1) is 10.4. The fourth-order valence-electron chi connectivity index (χ4n) is 2.72. The van der Waals surface area contributed by atoms with Crippen molar-refractivity contribution in [3.05, 3.63) is 41.7 Å². The van der Waals surface area contributed by atoms with E-state index in [4.69, 9.17) is 10.5 Å². The van der Waals surface area contributed by atoms with E-state index >= 15 is 0 Å². The minimum atomic E-state index is 0.479. The minimum Gasteiger partial charge on any atom is -0.494 e. The fraction of sp³-hybridized carbons (Fsp3) is 0.500. The summed E-state index contributed by atoms with van der Waals surface area (Å²) in [6, 6.07) is 9.90. The minimum absolute atomic E-state index is 0.479. The summed E-state index contributed by atoms with van der Waals surface area (Å²) in [6.45, 7) is 2.00. The summed E-state index contributed by atoms with van der Waals surface area (Å²) in [7, 11) is 0. The number of nitrogens with two attached hydrogens (primary N) is 1. The number of benzene rings is 1. The predicted octanol–water partition coefficient (Wildman–Crippen LogP) is 2.47. The summed E-state index contributed by atoms with van der Waals surface area (Å²) in [5.41, 5.74) is 7.99. The Balaban J connectivity index is 1.54. The predicted molar refractivity (Wildman–Crippen MR) is 81.1 cm³/mol. The van der Waals surface area contributed by atoms with Gasteiger partial charge in [0.2, 0.25) is 0 Å². The number of para-hydroxylation sites is 1. The van der Waals surface area contributed by atoms with E-state index < -0.39 is 0 Å². The molecule has 1 aliphatic rings. The highest BCUT2D eigenvalue weighted by atomic mass is 16.5. The van der Waals surface area contributed by atoms with Crippen LogP contribution in [0.1, 0.15) is 43.0 Å². The van der Waals surface area contributed by atoms with Gasteiger partial charge < -0.3 is 10.5 Å². The Morgan fingerprint density at radius 1 is 1.24 bits per heavy atom. The fourth-order valence-corrected chi connectivity index (χ4v) is 2.72. The van der Waals surface area contributed by atoms with Crippen molar-refractivity contribution < 1.29 is 4.74 Å². The zero-order valence-electron chi connectivity index (χ0n) is 12.2. The molecule has 2 aromatic rings. The molecule has 0 aliphatic heterocycles. The van der Waals surface area contributed by atoms with Crippen LogP contribution in [0.3, 0.4) is 0 Å². The number of nitrogens with zero attached hydrogens (tertiary/aromatic N) is 3. The lowest BCUT2D eigenvalue weighted by Crippen LogP contribution is -2.18. The Morgan fingerprint density at radius 3 is 2.71 bits per heavy atom. The molecule has 0 bridgehead atoms. The average Bonchev–Trinajstić information content (AvgIpc) is 2.86. The van der Waals surface area contributed by atoms with Crippen molar-refractivity contribution in [3.63, 3.8) is 0 Å². The number of ether oxygens (including phenoxy) is 1. The number of aromatic nitrogens is 3. The van der Waals surface area contributed by atoms with Crippen molar-refractivity contribution in [2.75, 3.05) is 6.61 Å². The summed E-state index contributed by atoms with van der Waals surface area (Å²) < 4.78 is 7.74. The van der Waals surface area contributed by atoms with E-state index in [9.17, 15) is 0 Å². The van der Waals surface area contributed by atoms with E-state index in [1.165, 1.54) is 25.0 Å². The molecule has 1 saturated carbocycles. The number of aryl methyl sites for hydroxylation is 1. The van der Waals surface area contributed by atoms with Crippen LogP contribution in [-0.4, -0.2) is 21.6 Å². The molecule has 5 nitrogen and oxygen atoms in total. The van der Waals surface area contributed by atoms with Gasteiger partial charge in [-0.2, -0.15) is 0 Å². The van der Waals surface area contributed by atoms with Gasteiger partial charge in [0.15, 0.2) is 0 Å². The Kier molecular flexibility index (Phi) is 4.50. The molecule has 0 amide bonds. The van der Waals surface area contributed by atoms with Gasteiger partial charge in [-0.15, -0.1) is 5.10 Å². The monoisotopic (exact) mass is 286 g/mol. The van der Waals surface area contributed by atoms with Crippen LogP contribution >= 0.6 is 0 Å². The largest absolute Gasteiger partial charge is 0.494 e. The quantitative estimate of drug-likeness (QED) is 0.794. The molecule has 0 atom stereocenters. The highest BCUT2D eigenvalue weighted by molar-refractivity contribution is 5.21. The maximum absolute atomic E-state index is 5.77. The van der Waals surface area contributed by atoms with Gasteiger partial charge >= 0.3 is 0 Å². The Morgan fingerprint density at radius 2 is 2.05 bits per heavy atom. The lowest BCUT2D eigenvalue weighted by Gasteiger charge is -2.26. The molecular weight excluding hydrogens is 264 g/mol. The van der Waals surface area contributed by atoms with E-state index in [1.54, 1.807) is 0 Å². The SMILES string of the molecule is NCc1nnn(CCCOc2ccccc2)c1C1CCC1. The maximum Gasteiger partial charge on any atom is 0.119 e. The Hall–Kier alpha value is -1.88. The molecule has 112 valence electrons. The van der Waals surface area contributed by atoms with Gasteiger partial charge in [0.05, 0.1) is 18.0 Å². The second-order valence-electron chi connectivity index (χ2n) is 5.49. The van der Waals surface area contributed by atoms with E-state index in [0.29, 0.717) is 19.1 Å².